The molecule has 0 aromatic rings. The third kappa shape index (κ3) is 1.45. The van der Waals surface area contributed by atoms with Crippen molar-refractivity contribution < 1.29 is 4.92 Å². The zero-order valence-corrected chi connectivity index (χ0v) is 6.83. The van der Waals surface area contributed by atoms with Gasteiger partial charge in [-0.15, -0.1) is 0 Å². The van der Waals surface area contributed by atoms with Crippen molar-refractivity contribution in [1.82, 2.24) is 0 Å². The van der Waals surface area contributed by atoms with E-state index in [4.69, 9.17) is 0 Å². The molecule has 4 heteroatoms. The SMILES string of the molecule is O=[N+]([O-])C1(CS)C=CC=CC1. The van der Waals surface area contributed by atoms with Crippen LogP contribution in [0.3, 0.4) is 0 Å². The summed E-state index contributed by atoms with van der Waals surface area (Å²) in [6.07, 6.45) is 7.34. The monoisotopic (exact) mass is 171 g/mol. The molecule has 0 saturated heterocycles. The van der Waals surface area contributed by atoms with Gasteiger partial charge in [0.05, 0.1) is 5.75 Å². The first kappa shape index (κ1) is 8.33. The van der Waals surface area contributed by atoms with Gasteiger partial charge < -0.3 is 0 Å². The number of allylic oxidation sites excluding steroid dienone is 2. The average Bonchev–Trinajstić information content (AvgIpc) is 2.05. The third-order valence-electron chi connectivity index (χ3n) is 1.76. The maximum absolute atomic E-state index is 10.6. The molecule has 1 aliphatic rings. The van der Waals surface area contributed by atoms with Gasteiger partial charge in [-0.2, -0.15) is 12.6 Å². The second-order valence-corrected chi connectivity index (χ2v) is 2.83. The van der Waals surface area contributed by atoms with E-state index in [1.54, 1.807) is 18.2 Å². The van der Waals surface area contributed by atoms with Crippen LogP contribution in [0.15, 0.2) is 24.3 Å². The Labute approximate surface area is 70.4 Å². The fourth-order valence-electron chi connectivity index (χ4n) is 0.964. The molecule has 0 radical (unpaired) electrons. The third-order valence-corrected chi connectivity index (χ3v) is 2.31. The predicted octanol–water partition coefficient (Wildman–Crippen LogP) is 1.45. The van der Waals surface area contributed by atoms with Crippen LogP contribution in [0.5, 0.6) is 0 Å². The van der Waals surface area contributed by atoms with E-state index < -0.39 is 5.54 Å². The maximum Gasteiger partial charge on any atom is 0.252 e. The Morgan fingerprint density at radius 1 is 1.64 bits per heavy atom. The second kappa shape index (κ2) is 3.09. The molecule has 1 unspecified atom stereocenters. The van der Waals surface area contributed by atoms with Gasteiger partial charge in [0.15, 0.2) is 0 Å². The summed E-state index contributed by atoms with van der Waals surface area (Å²) in [5.41, 5.74) is -0.960. The predicted molar refractivity (Wildman–Crippen MR) is 46.5 cm³/mol. The summed E-state index contributed by atoms with van der Waals surface area (Å²) in [4.78, 5) is 10.3. The topological polar surface area (TPSA) is 43.1 Å². The van der Waals surface area contributed by atoms with Crippen molar-refractivity contribution in [2.75, 3.05) is 5.75 Å². The number of hydrogen-bond donors (Lipinski definition) is 1. The Balaban J connectivity index is 2.85. The molecule has 0 fully saturated rings. The minimum absolute atomic E-state index is 0.251. The lowest BCUT2D eigenvalue weighted by Crippen LogP contribution is -2.38. The Kier molecular flexibility index (Phi) is 2.34. The molecule has 0 aromatic carbocycles. The van der Waals surface area contributed by atoms with Crippen LogP contribution in [0, 0.1) is 10.1 Å². The zero-order valence-electron chi connectivity index (χ0n) is 5.93. The van der Waals surface area contributed by atoms with E-state index in [2.05, 4.69) is 12.6 Å². The van der Waals surface area contributed by atoms with Gasteiger partial charge in [-0.1, -0.05) is 18.2 Å². The van der Waals surface area contributed by atoms with Gasteiger partial charge in [-0.25, -0.2) is 0 Å². The molecule has 60 valence electrons. The second-order valence-electron chi connectivity index (χ2n) is 2.51. The van der Waals surface area contributed by atoms with E-state index >= 15 is 0 Å². The van der Waals surface area contributed by atoms with Gasteiger partial charge in [0.1, 0.15) is 0 Å². The van der Waals surface area contributed by atoms with Gasteiger partial charge in [0, 0.05) is 11.3 Å². The summed E-state index contributed by atoms with van der Waals surface area (Å²) in [5.74, 6) is 0.251. The molecule has 1 atom stereocenters. The lowest BCUT2D eigenvalue weighted by molar-refractivity contribution is -0.547. The maximum atomic E-state index is 10.6. The molecule has 1 aliphatic carbocycles. The fourth-order valence-corrected chi connectivity index (χ4v) is 1.31. The largest absolute Gasteiger partial charge is 0.264 e. The molecule has 0 bridgehead atoms. The number of hydrogen-bond acceptors (Lipinski definition) is 3. The highest BCUT2D eigenvalue weighted by molar-refractivity contribution is 7.80. The number of nitro groups is 1. The van der Waals surface area contributed by atoms with Crippen LogP contribution >= 0.6 is 12.6 Å². The Morgan fingerprint density at radius 2 is 2.36 bits per heavy atom. The van der Waals surface area contributed by atoms with Crippen molar-refractivity contribution in [2.45, 2.75) is 12.0 Å². The molecule has 11 heavy (non-hydrogen) atoms. The molecule has 0 N–H and O–H groups in total. The Morgan fingerprint density at radius 3 is 2.64 bits per heavy atom. The molecule has 0 saturated carbocycles. The zero-order chi connectivity index (χ0) is 8.32. The van der Waals surface area contributed by atoms with Crippen molar-refractivity contribution in [3.63, 3.8) is 0 Å². The smallest absolute Gasteiger partial charge is 0.252 e. The van der Waals surface area contributed by atoms with Crippen LogP contribution in [-0.2, 0) is 0 Å². The summed E-state index contributed by atoms with van der Waals surface area (Å²) in [6, 6.07) is 0. The van der Waals surface area contributed by atoms with Gasteiger partial charge in [-0.05, 0) is 6.08 Å². The molecular formula is C7H9NO2S. The van der Waals surface area contributed by atoms with Crippen molar-refractivity contribution in [3.8, 4) is 0 Å². The summed E-state index contributed by atoms with van der Waals surface area (Å²) in [6.45, 7) is 0. The van der Waals surface area contributed by atoms with E-state index in [-0.39, 0.29) is 10.7 Å². The van der Waals surface area contributed by atoms with Crippen molar-refractivity contribution in [1.29, 1.82) is 0 Å². The molecule has 0 heterocycles. The minimum atomic E-state index is -0.960. The van der Waals surface area contributed by atoms with Crippen LogP contribution in [0.1, 0.15) is 6.42 Å². The highest BCUT2D eigenvalue weighted by Gasteiger charge is 2.37. The van der Waals surface area contributed by atoms with Crippen LogP contribution in [-0.4, -0.2) is 16.2 Å². The molecule has 0 aliphatic heterocycles. The van der Waals surface area contributed by atoms with Crippen LogP contribution in [0.25, 0.3) is 0 Å². The average molecular weight is 171 g/mol. The summed E-state index contributed by atoms with van der Waals surface area (Å²) in [7, 11) is 0. The first-order valence-corrected chi connectivity index (χ1v) is 3.94. The molecule has 0 spiro atoms. The van der Waals surface area contributed by atoms with Crippen LogP contribution in [0.4, 0.5) is 0 Å². The molecule has 0 amide bonds. The summed E-state index contributed by atoms with van der Waals surface area (Å²) >= 11 is 3.96. The molecule has 1 rings (SSSR count). The summed E-state index contributed by atoms with van der Waals surface area (Å²) in [5, 5.41) is 10.6. The highest BCUT2D eigenvalue weighted by Crippen LogP contribution is 2.22. The summed E-state index contributed by atoms with van der Waals surface area (Å²) < 4.78 is 0. The number of rotatable bonds is 2. The first-order valence-electron chi connectivity index (χ1n) is 3.31. The molecule has 0 aromatic heterocycles. The van der Waals surface area contributed by atoms with Gasteiger partial charge >= 0.3 is 0 Å². The molecule has 3 nitrogen and oxygen atoms in total. The van der Waals surface area contributed by atoms with Crippen LogP contribution < -0.4 is 0 Å². The first-order chi connectivity index (χ1) is 5.21. The Bertz CT molecular complexity index is 224. The quantitative estimate of drug-likeness (QED) is 0.388. The van der Waals surface area contributed by atoms with Gasteiger partial charge in [0.2, 0.25) is 0 Å². The lowest BCUT2D eigenvalue weighted by atomic mass is 9.94. The molecular weight excluding hydrogens is 162 g/mol. The van der Waals surface area contributed by atoms with E-state index in [0.717, 1.165) is 0 Å². The highest BCUT2D eigenvalue weighted by atomic mass is 32.1. The lowest BCUT2D eigenvalue weighted by Gasteiger charge is -2.19. The Hall–Kier alpha value is -0.770. The normalized spacial score (nSPS) is 28.8. The van der Waals surface area contributed by atoms with Crippen LogP contribution in [0.2, 0.25) is 0 Å². The van der Waals surface area contributed by atoms with E-state index in [9.17, 15) is 10.1 Å². The van der Waals surface area contributed by atoms with Gasteiger partial charge in [-0.3, -0.25) is 10.1 Å². The van der Waals surface area contributed by atoms with Gasteiger partial charge in [0.25, 0.3) is 5.54 Å². The van der Waals surface area contributed by atoms with E-state index in [1.165, 1.54) is 0 Å². The van der Waals surface area contributed by atoms with Crippen molar-refractivity contribution in [2.24, 2.45) is 0 Å². The van der Waals surface area contributed by atoms with E-state index in [0.29, 0.717) is 6.42 Å². The standard InChI is InChI=1S/C7H9NO2S/c9-8(10)7(6-11)4-2-1-3-5-7/h1-4,11H,5-6H2. The van der Waals surface area contributed by atoms with Crippen molar-refractivity contribution >= 4 is 12.6 Å². The number of thiol groups is 1. The minimum Gasteiger partial charge on any atom is -0.264 e. The number of nitrogens with zero attached hydrogens (tertiary/aromatic N) is 1. The van der Waals surface area contributed by atoms with E-state index in [1.807, 2.05) is 6.08 Å². The fraction of sp³-hybridized carbons (Fsp3) is 0.429. The van der Waals surface area contributed by atoms with Crippen molar-refractivity contribution in [3.05, 3.63) is 34.4 Å².